The number of hydrogen-bond acceptors (Lipinski definition) is 3. The van der Waals surface area contributed by atoms with E-state index in [1.807, 2.05) is 25.9 Å². The second-order valence-corrected chi connectivity index (χ2v) is 4.46. The highest BCUT2D eigenvalue weighted by molar-refractivity contribution is 5.85. The van der Waals surface area contributed by atoms with Gasteiger partial charge < -0.3 is 9.64 Å². The molecule has 0 rings (SSSR count). The number of rotatable bonds is 5. The van der Waals surface area contributed by atoms with E-state index < -0.39 is 0 Å². The van der Waals surface area contributed by atoms with E-state index in [1.165, 1.54) is 7.11 Å². The number of nitrogens with zero attached hydrogens (tertiary/aromatic N) is 2. The molecule has 0 aliphatic heterocycles. The molecule has 1 atom stereocenters. The highest BCUT2D eigenvalue weighted by Gasteiger charge is 2.20. The zero-order valence-corrected chi connectivity index (χ0v) is 11.3. The topological polar surface area (TPSA) is 41.9 Å². The minimum absolute atomic E-state index is 0.249. The summed E-state index contributed by atoms with van der Waals surface area (Å²) in [6.45, 7) is 6.18. The zero-order valence-electron chi connectivity index (χ0n) is 11.3. The van der Waals surface area contributed by atoms with E-state index >= 15 is 0 Å². The Labute approximate surface area is 98.7 Å². The van der Waals surface area contributed by atoms with Crippen LogP contribution in [0, 0.1) is 5.92 Å². The van der Waals surface area contributed by atoms with Crippen molar-refractivity contribution in [2.75, 3.05) is 21.2 Å². The minimum atomic E-state index is -0.373. The summed E-state index contributed by atoms with van der Waals surface area (Å²) in [6.07, 6.45) is 1.54. The van der Waals surface area contributed by atoms with E-state index in [1.54, 1.807) is 0 Å². The maximum absolute atomic E-state index is 11.6. The first-order valence-electron chi connectivity index (χ1n) is 5.74. The molecule has 0 saturated heterocycles. The first kappa shape index (κ1) is 14.9. The van der Waals surface area contributed by atoms with Crippen LogP contribution in [0.4, 0.5) is 0 Å². The van der Waals surface area contributed by atoms with Gasteiger partial charge >= 0.3 is 5.97 Å². The summed E-state index contributed by atoms with van der Waals surface area (Å²) >= 11 is 0. The summed E-state index contributed by atoms with van der Waals surface area (Å²) in [4.78, 5) is 18.0. The Bertz CT molecular complexity index is 247. The third kappa shape index (κ3) is 5.14. The van der Waals surface area contributed by atoms with Crippen molar-refractivity contribution in [1.82, 2.24) is 4.90 Å². The fraction of sp³-hybridized carbons (Fsp3) is 0.833. The number of hydrogen-bond donors (Lipinski definition) is 0. The number of esters is 1. The van der Waals surface area contributed by atoms with E-state index in [0.29, 0.717) is 5.92 Å². The Morgan fingerprint density at radius 3 is 2.25 bits per heavy atom. The maximum Gasteiger partial charge on any atom is 0.330 e. The fourth-order valence-corrected chi connectivity index (χ4v) is 1.49. The van der Waals surface area contributed by atoms with Crippen LogP contribution in [-0.2, 0) is 9.53 Å². The summed E-state index contributed by atoms with van der Waals surface area (Å²) in [5.74, 6) is 1.10. The monoisotopic (exact) mass is 228 g/mol. The van der Waals surface area contributed by atoms with Gasteiger partial charge in [0.05, 0.1) is 12.9 Å². The normalized spacial score (nSPS) is 13.8. The Balaban J connectivity index is 4.81. The summed E-state index contributed by atoms with van der Waals surface area (Å²) in [7, 11) is 5.28. The summed E-state index contributed by atoms with van der Waals surface area (Å²) in [6, 6.07) is -0.373. The number of methoxy groups -OCH3 is 1. The molecule has 0 amide bonds. The molecule has 0 N–H and O–H groups in total. The molecule has 0 bridgehead atoms. The van der Waals surface area contributed by atoms with E-state index in [-0.39, 0.29) is 12.0 Å². The molecule has 0 radical (unpaired) electrons. The van der Waals surface area contributed by atoms with Crippen molar-refractivity contribution in [2.24, 2.45) is 10.9 Å². The molecule has 4 nitrogen and oxygen atoms in total. The average molecular weight is 228 g/mol. The molecule has 4 heteroatoms. The van der Waals surface area contributed by atoms with E-state index in [2.05, 4.69) is 18.8 Å². The molecule has 0 aromatic heterocycles. The van der Waals surface area contributed by atoms with Crippen LogP contribution in [0.5, 0.6) is 0 Å². The predicted octanol–water partition coefficient (Wildman–Crippen LogP) is 1.94. The Kier molecular flexibility index (Phi) is 6.77. The van der Waals surface area contributed by atoms with Crippen LogP contribution in [0.25, 0.3) is 0 Å². The Morgan fingerprint density at radius 2 is 1.94 bits per heavy atom. The summed E-state index contributed by atoms with van der Waals surface area (Å²) in [5, 5.41) is 0. The van der Waals surface area contributed by atoms with Crippen molar-refractivity contribution in [3.05, 3.63) is 0 Å². The number of aliphatic imine (C=N–C) groups is 1. The second-order valence-electron chi connectivity index (χ2n) is 4.46. The molecular formula is C12H24N2O2. The molecule has 0 aromatic carbocycles. The fourth-order valence-electron chi connectivity index (χ4n) is 1.49. The quantitative estimate of drug-likeness (QED) is 0.410. The van der Waals surface area contributed by atoms with Gasteiger partial charge in [-0.25, -0.2) is 4.79 Å². The molecule has 0 aromatic rings. The van der Waals surface area contributed by atoms with E-state index in [0.717, 1.165) is 18.7 Å². The number of ether oxygens (including phenoxy) is 1. The van der Waals surface area contributed by atoms with Gasteiger partial charge in [-0.2, -0.15) is 0 Å². The van der Waals surface area contributed by atoms with Gasteiger partial charge in [-0.05, 0) is 12.3 Å². The molecule has 0 aliphatic carbocycles. The highest BCUT2D eigenvalue weighted by Crippen LogP contribution is 2.11. The molecule has 0 saturated carbocycles. The van der Waals surface area contributed by atoms with Crippen molar-refractivity contribution >= 4 is 11.8 Å². The van der Waals surface area contributed by atoms with Crippen LogP contribution in [0.2, 0.25) is 0 Å². The van der Waals surface area contributed by atoms with Gasteiger partial charge in [0, 0.05) is 20.5 Å². The highest BCUT2D eigenvalue weighted by atomic mass is 16.5. The first-order chi connectivity index (χ1) is 7.42. The van der Waals surface area contributed by atoms with Crippen LogP contribution in [0.3, 0.4) is 0 Å². The van der Waals surface area contributed by atoms with Crippen molar-refractivity contribution < 1.29 is 9.53 Å². The lowest BCUT2D eigenvalue weighted by molar-refractivity contribution is -0.142. The average Bonchev–Trinajstić information content (AvgIpc) is 2.21. The van der Waals surface area contributed by atoms with Crippen LogP contribution in [-0.4, -0.2) is 44.0 Å². The Morgan fingerprint density at radius 1 is 1.38 bits per heavy atom. The van der Waals surface area contributed by atoms with E-state index in [4.69, 9.17) is 4.74 Å². The van der Waals surface area contributed by atoms with E-state index in [9.17, 15) is 4.79 Å². The molecule has 0 aliphatic rings. The summed E-state index contributed by atoms with van der Waals surface area (Å²) < 4.78 is 4.77. The lowest BCUT2D eigenvalue weighted by atomic mass is 10.0. The van der Waals surface area contributed by atoms with Crippen molar-refractivity contribution in [3.63, 3.8) is 0 Å². The number of amidine groups is 1. The number of carbonyl (C=O) groups excluding carboxylic acids is 1. The zero-order chi connectivity index (χ0) is 12.7. The maximum atomic E-state index is 11.6. The minimum Gasteiger partial charge on any atom is -0.467 e. The molecule has 94 valence electrons. The SMILES string of the molecule is CCC(=NC(CC(C)C)C(=O)OC)N(C)C. The molecule has 16 heavy (non-hydrogen) atoms. The molecule has 1 unspecified atom stereocenters. The second kappa shape index (κ2) is 7.25. The molecule has 0 fully saturated rings. The van der Waals surface area contributed by atoms with Crippen LogP contribution >= 0.6 is 0 Å². The van der Waals surface area contributed by atoms with Gasteiger partial charge in [0.1, 0.15) is 6.04 Å². The predicted molar refractivity (Wildman–Crippen MR) is 66.7 cm³/mol. The largest absolute Gasteiger partial charge is 0.467 e. The van der Waals surface area contributed by atoms with Gasteiger partial charge in [0.25, 0.3) is 0 Å². The lowest BCUT2D eigenvalue weighted by Gasteiger charge is -2.19. The molecule has 0 spiro atoms. The Hall–Kier alpha value is -1.06. The third-order valence-corrected chi connectivity index (χ3v) is 2.31. The third-order valence-electron chi connectivity index (χ3n) is 2.31. The first-order valence-corrected chi connectivity index (χ1v) is 5.74. The van der Waals surface area contributed by atoms with Crippen molar-refractivity contribution in [3.8, 4) is 0 Å². The van der Waals surface area contributed by atoms with Crippen LogP contribution in [0.1, 0.15) is 33.6 Å². The van der Waals surface area contributed by atoms with Crippen LogP contribution < -0.4 is 0 Å². The van der Waals surface area contributed by atoms with Gasteiger partial charge in [-0.3, -0.25) is 4.99 Å². The molecule has 0 heterocycles. The van der Waals surface area contributed by atoms with Crippen LogP contribution in [0.15, 0.2) is 4.99 Å². The molecular weight excluding hydrogens is 204 g/mol. The van der Waals surface area contributed by atoms with Gasteiger partial charge in [-0.15, -0.1) is 0 Å². The van der Waals surface area contributed by atoms with Crippen molar-refractivity contribution in [2.45, 2.75) is 39.7 Å². The van der Waals surface area contributed by atoms with Gasteiger partial charge in [0.15, 0.2) is 0 Å². The smallest absolute Gasteiger partial charge is 0.330 e. The van der Waals surface area contributed by atoms with Gasteiger partial charge in [0.2, 0.25) is 0 Å². The standard InChI is InChI=1S/C12H24N2O2/c1-7-11(14(4)5)13-10(8-9(2)3)12(15)16-6/h9-10H,7-8H2,1-6H3. The van der Waals surface area contributed by atoms with Crippen molar-refractivity contribution in [1.29, 1.82) is 0 Å². The lowest BCUT2D eigenvalue weighted by Crippen LogP contribution is -2.28. The number of carbonyl (C=O) groups is 1. The van der Waals surface area contributed by atoms with Gasteiger partial charge in [-0.1, -0.05) is 20.8 Å². The summed E-state index contributed by atoms with van der Waals surface area (Å²) in [5.41, 5.74) is 0.